The first-order valence-corrected chi connectivity index (χ1v) is 21.6. The van der Waals surface area contributed by atoms with Gasteiger partial charge in [0.1, 0.15) is 17.8 Å². The molecule has 61 heavy (non-hydrogen) atoms. The highest BCUT2D eigenvalue weighted by atomic mass is 16.7. The lowest BCUT2D eigenvalue weighted by atomic mass is 9.76. The second-order valence-corrected chi connectivity index (χ2v) is 18.3. The van der Waals surface area contributed by atoms with Gasteiger partial charge in [0.05, 0.1) is 72.0 Å². The van der Waals surface area contributed by atoms with Crippen LogP contribution in [0.15, 0.2) is 30.3 Å². The molecular formula is C45H77NO15. The predicted octanol–water partition coefficient (Wildman–Crippen LogP) is 3.46. The number of benzene rings is 1. The van der Waals surface area contributed by atoms with Crippen LogP contribution in [0, 0.1) is 17.8 Å². The van der Waals surface area contributed by atoms with Gasteiger partial charge in [-0.2, -0.15) is 0 Å². The van der Waals surface area contributed by atoms with Crippen molar-refractivity contribution < 1.29 is 73.0 Å². The Bertz CT molecular complexity index is 1500. The van der Waals surface area contributed by atoms with E-state index in [4.69, 9.17) is 37.9 Å². The van der Waals surface area contributed by atoms with Crippen LogP contribution in [0.5, 0.6) is 0 Å². The standard InChI is InChI=1S/C45H77NO15/c1-15-33(43(8,53)24-47)58-40(51)28(5)36(59-34-23-44(9,54-13)38(50)30(7)57-34)27(4)39(45(10,55-14)22-25(2)35(49)29(6)48)61-42-37(32(46(11)12)21-26(3)56-42)60-41(52)31-19-17-16-18-20-31/h16-20,25-30,32-39,42,47-50,53H,15,21-24H2,1-14H3/t25-,26-,27+,28-,29?,30+,32+,33-,34?,35+,36+,37-,38+,39-,42?,43+,44-,45-/m1/s1. The van der Waals surface area contributed by atoms with Crippen LogP contribution in [-0.2, 0) is 42.7 Å². The number of methoxy groups -OCH3 is 2. The van der Waals surface area contributed by atoms with E-state index in [1.165, 1.54) is 28.1 Å². The highest BCUT2D eigenvalue weighted by molar-refractivity contribution is 5.89. The van der Waals surface area contributed by atoms with Crippen molar-refractivity contribution in [2.45, 2.75) is 185 Å². The zero-order valence-corrected chi connectivity index (χ0v) is 38.8. The van der Waals surface area contributed by atoms with E-state index < -0.39 is 115 Å². The number of rotatable bonds is 22. The lowest BCUT2D eigenvalue weighted by Gasteiger charge is -2.50. The Labute approximate surface area is 363 Å². The lowest BCUT2D eigenvalue weighted by molar-refractivity contribution is -0.319. The van der Waals surface area contributed by atoms with Crippen LogP contribution in [0.2, 0.25) is 0 Å². The van der Waals surface area contributed by atoms with E-state index in [9.17, 15) is 35.1 Å². The van der Waals surface area contributed by atoms with Gasteiger partial charge in [0.25, 0.3) is 0 Å². The number of hydrogen-bond acceptors (Lipinski definition) is 16. The molecule has 18 atom stereocenters. The Balaban J connectivity index is 2.24. The minimum Gasteiger partial charge on any atom is -0.459 e. The van der Waals surface area contributed by atoms with E-state index in [1.54, 1.807) is 71.9 Å². The third-order valence-electron chi connectivity index (χ3n) is 12.9. The number of carbonyl (C=O) groups is 2. The van der Waals surface area contributed by atoms with E-state index in [0.29, 0.717) is 12.0 Å². The van der Waals surface area contributed by atoms with Crippen LogP contribution in [0.25, 0.3) is 0 Å². The zero-order chi connectivity index (χ0) is 46.2. The topological polar surface area (TPSA) is 212 Å². The maximum absolute atomic E-state index is 14.3. The fourth-order valence-corrected chi connectivity index (χ4v) is 8.82. The number of ether oxygens (including phenoxy) is 8. The van der Waals surface area contributed by atoms with Crippen LogP contribution in [-0.4, -0.2) is 168 Å². The van der Waals surface area contributed by atoms with E-state index in [2.05, 4.69) is 0 Å². The fourth-order valence-electron chi connectivity index (χ4n) is 8.82. The quantitative estimate of drug-likeness (QED) is 0.106. The molecule has 0 aromatic heterocycles. The maximum atomic E-state index is 14.3. The molecule has 3 rings (SSSR count). The number of aliphatic hydroxyl groups is 5. The van der Waals surface area contributed by atoms with Gasteiger partial charge in [-0.3, -0.25) is 4.79 Å². The number of nitrogens with zero attached hydrogens (tertiary/aromatic N) is 1. The molecule has 1 aromatic rings. The SMILES string of the molecule is CC[C@@H](OC(=O)[C@H](C)[C@@H](OC1C[C@@](C)(OC)[C@@H](O)[C@H](C)O1)[C@H](C)[C@@H](OC1O[C@H](C)C[C@H](N(C)C)[C@H]1OC(=O)c1ccccc1)[C@@](C)(C[C@@H](C)[C@H](O)C(C)O)OC)[C@@](C)(O)CO. The molecule has 5 N–H and O–H groups in total. The van der Waals surface area contributed by atoms with E-state index >= 15 is 0 Å². The average Bonchev–Trinajstić information content (AvgIpc) is 3.22. The fraction of sp³-hybridized carbons (Fsp3) is 0.822. The van der Waals surface area contributed by atoms with Gasteiger partial charge in [-0.15, -0.1) is 0 Å². The van der Waals surface area contributed by atoms with Crippen LogP contribution >= 0.6 is 0 Å². The molecule has 2 aliphatic heterocycles. The van der Waals surface area contributed by atoms with Gasteiger partial charge in [0.15, 0.2) is 18.7 Å². The molecule has 0 bridgehead atoms. The van der Waals surface area contributed by atoms with Gasteiger partial charge in [-0.05, 0) is 99.9 Å². The molecule has 2 heterocycles. The normalized spacial score (nSPS) is 32.0. The summed E-state index contributed by atoms with van der Waals surface area (Å²) in [4.78, 5) is 30.0. The first-order valence-electron chi connectivity index (χ1n) is 21.6. The van der Waals surface area contributed by atoms with Crippen molar-refractivity contribution in [3.8, 4) is 0 Å². The molecule has 352 valence electrons. The van der Waals surface area contributed by atoms with Gasteiger partial charge in [-0.25, -0.2) is 4.79 Å². The largest absolute Gasteiger partial charge is 0.459 e. The van der Waals surface area contributed by atoms with Gasteiger partial charge < -0.3 is 68.3 Å². The van der Waals surface area contributed by atoms with Crippen LogP contribution in [0.1, 0.15) is 105 Å². The summed E-state index contributed by atoms with van der Waals surface area (Å²) in [7, 11) is 6.75. The Morgan fingerprint density at radius 3 is 2.16 bits per heavy atom. The van der Waals surface area contributed by atoms with Crippen molar-refractivity contribution in [1.29, 1.82) is 0 Å². The summed E-state index contributed by atoms with van der Waals surface area (Å²) in [5, 5.41) is 53.4. The summed E-state index contributed by atoms with van der Waals surface area (Å²) in [6.07, 6.45) is -9.79. The second-order valence-electron chi connectivity index (χ2n) is 18.3. The smallest absolute Gasteiger partial charge is 0.338 e. The van der Waals surface area contributed by atoms with Crippen molar-refractivity contribution in [3.63, 3.8) is 0 Å². The van der Waals surface area contributed by atoms with Crippen molar-refractivity contribution in [3.05, 3.63) is 35.9 Å². The van der Waals surface area contributed by atoms with Gasteiger partial charge in [0, 0.05) is 26.6 Å². The van der Waals surface area contributed by atoms with Crippen LogP contribution in [0.3, 0.4) is 0 Å². The molecular weight excluding hydrogens is 794 g/mol. The monoisotopic (exact) mass is 872 g/mol. The highest BCUT2D eigenvalue weighted by Crippen LogP contribution is 2.41. The minimum atomic E-state index is -1.74. The summed E-state index contributed by atoms with van der Waals surface area (Å²) in [6.45, 7) is 16.3. The first kappa shape index (κ1) is 53.0. The molecule has 0 saturated carbocycles. The predicted molar refractivity (Wildman–Crippen MR) is 225 cm³/mol. The maximum Gasteiger partial charge on any atom is 0.338 e. The molecule has 2 saturated heterocycles. The average molecular weight is 872 g/mol. The molecule has 16 heteroatoms. The number of likely N-dealkylation sites (N-methyl/N-ethyl adjacent to an activating group) is 1. The molecule has 0 amide bonds. The molecule has 0 aliphatic carbocycles. The molecule has 2 fully saturated rings. The zero-order valence-electron chi connectivity index (χ0n) is 38.8. The van der Waals surface area contributed by atoms with E-state index in [1.807, 2.05) is 32.8 Å². The van der Waals surface area contributed by atoms with Crippen molar-refractivity contribution in [2.24, 2.45) is 17.8 Å². The van der Waals surface area contributed by atoms with Gasteiger partial charge >= 0.3 is 11.9 Å². The Morgan fingerprint density at radius 2 is 1.64 bits per heavy atom. The molecule has 0 radical (unpaired) electrons. The summed E-state index contributed by atoms with van der Waals surface area (Å²) >= 11 is 0. The van der Waals surface area contributed by atoms with E-state index in [0.717, 1.165) is 0 Å². The second kappa shape index (κ2) is 22.5. The molecule has 0 spiro atoms. The van der Waals surface area contributed by atoms with Crippen LogP contribution < -0.4 is 0 Å². The highest BCUT2D eigenvalue weighted by Gasteiger charge is 2.53. The number of hydrogen-bond donors (Lipinski definition) is 5. The summed E-state index contributed by atoms with van der Waals surface area (Å²) < 4.78 is 51.0. The Hall–Kier alpha value is -2.32. The lowest BCUT2D eigenvalue weighted by Crippen LogP contribution is -2.61. The molecule has 1 aromatic carbocycles. The van der Waals surface area contributed by atoms with Crippen molar-refractivity contribution in [1.82, 2.24) is 4.90 Å². The Morgan fingerprint density at radius 1 is 1.02 bits per heavy atom. The summed E-state index contributed by atoms with van der Waals surface area (Å²) in [5.41, 5.74) is -3.79. The first-order chi connectivity index (χ1) is 28.4. The number of carbonyl (C=O) groups excluding carboxylic acids is 2. The number of esters is 2. The Kier molecular flexibility index (Phi) is 19.6. The minimum absolute atomic E-state index is 0.0762. The molecule has 2 aliphatic rings. The molecule has 3 unspecified atom stereocenters. The third kappa shape index (κ3) is 13.1. The van der Waals surface area contributed by atoms with Crippen LogP contribution in [0.4, 0.5) is 0 Å². The summed E-state index contributed by atoms with van der Waals surface area (Å²) in [6, 6.07) is 8.24. The molecule has 16 nitrogen and oxygen atoms in total. The van der Waals surface area contributed by atoms with Crippen molar-refractivity contribution in [2.75, 3.05) is 34.9 Å². The summed E-state index contributed by atoms with van der Waals surface area (Å²) in [5.74, 6) is -3.78. The third-order valence-corrected chi connectivity index (χ3v) is 12.9. The van der Waals surface area contributed by atoms with Crippen molar-refractivity contribution >= 4 is 11.9 Å². The van der Waals surface area contributed by atoms with Gasteiger partial charge in [0.2, 0.25) is 0 Å². The van der Waals surface area contributed by atoms with E-state index in [-0.39, 0.29) is 31.4 Å². The number of aliphatic hydroxyl groups excluding tert-OH is 4. The van der Waals surface area contributed by atoms with Gasteiger partial charge in [-0.1, -0.05) is 39.0 Å².